The summed E-state index contributed by atoms with van der Waals surface area (Å²) in [4.78, 5) is 17.1. The van der Waals surface area contributed by atoms with E-state index in [1.54, 1.807) is 28.8 Å². The molecular formula is C17H22N4O3S. The summed E-state index contributed by atoms with van der Waals surface area (Å²) >= 11 is 0. The number of para-hydroxylation sites is 1. The quantitative estimate of drug-likeness (QED) is 0.902. The first-order valence-electron chi connectivity index (χ1n) is 8.16. The van der Waals surface area contributed by atoms with Crippen LogP contribution in [0, 0.1) is 5.92 Å². The van der Waals surface area contributed by atoms with Gasteiger partial charge in [-0.15, -0.1) is 0 Å². The second kappa shape index (κ2) is 6.27. The molecule has 8 heteroatoms. The van der Waals surface area contributed by atoms with Crippen LogP contribution in [0.3, 0.4) is 0 Å². The largest absolute Gasteiger partial charge is 0.348 e. The van der Waals surface area contributed by atoms with Crippen molar-refractivity contribution in [3.63, 3.8) is 0 Å². The molecule has 0 spiro atoms. The summed E-state index contributed by atoms with van der Waals surface area (Å²) in [6.07, 6.45) is 1.51. The topological polar surface area (TPSA) is 84.3 Å². The molecule has 2 heterocycles. The zero-order chi connectivity index (χ0) is 18.4. The average molecular weight is 362 g/mol. The van der Waals surface area contributed by atoms with Crippen molar-refractivity contribution in [1.82, 2.24) is 19.2 Å². The number of hydrogen-bond donors (Lipinski definition) is 1. The normalized spacial score (nSPS) is 17.5. The third kappa shape index (κ3) is 2.96. The number of imidazole rings is 1. The summed E-state index contributed by atoms with van der Waals surface area (Å²) in [6, 6.07) is 6.73. The number of carbonyl (C=O) groups is 1. The molecule has 0 bridgehead atoms. The van der Waals surface area contributed by atoms with Crippen molar-refractivity contribution in [2.45, 2.75) is 38.3 Å². The summed E-state index contributed by atoms with van der Waals surface area (Å²) in [5.74, 6) is -0.00549. The Bertz CT molecular complexity index is 918. The van der Waals surface area contributed by atoms with E-state index in [-0.39, 0.29) is 35.0 Å². The van der Waals surface area contributed by atoms with E-state index in [1.165, 1.54) is 17.7 Å². The zero-order valence-corrected chi connectivity index (χ0v) is 15.5. The van der Waals surface area contributed by atoms with Gasteiger partial charge in [0.05, 0.1) is 17.9 Å². The van der Waals surface area contributed by atoms with Crippen LogP contribution in [-0.4, -0.2) is 41.3 Å². The van der Waals surface area contributed by atoms with Crippen molar-refractivity contribution in [3.8, 4) is 5.69 Å². The molecule has 3 rings (SSSR count). The van der Waals surface area contributed by atoms with Crippen molar-refractivity contribution in [3.05, 3.63) is 42.0 Å². The van der Waals surface area contributed by atoms with E-state index >= 15 is 0 Å². The Balaban J connectivity index is 2.10. The number of fused-ring (bicyclic) bond motifs is 3. The Morgan fingerprint density at radius 2 is 1.92 bits per heavy atom. The van der Waals surface area contributed by atoms with Crippen molar-refractivity contribution in [2.24, 2.45) is 5.92 Å². The fourth-order valence-electron chi connectivity index (χ4n) is 2.70. The minimum Gasteiger partial charge on any atom is -0.348 e. The predicted octanol–water partition coefficient (Wildman–Crippen LogP) is 1.78. The molecule has 0 saturated heterocycles. The Labute approximate surface area is 147 Å². The van der Waals surface area contributed by atoms with Gasteiger partial charge in [0.15, 0.2) is 5.69 Å². The van der Waals surface area contributed by atoms with Crippen LogP contribution in [-0.2, 0) is 16.6 Å². The molecule has 25 heavy (non-hydrogen) atoms. The van der Waals surface area contributed by atoms with Crippen LogP contribution in [0.2, 0.25) is 0 Å². The van der Waals surface area contributed by atoms with Gasteiger partial charge in [-0.2, -0.15) is 4.31 Å². The first-order valence-corrected chi connectivity index (χ1v) is 9.60. The monoisotopic (exact) mass is 362 g/mol. The molecule has 0 radical (unpaired) electrons. The first kappa shape index (κ1) is 17.6. The maximum atomic E-state index is 12.7. The second-order valence-electron chi connectivity index (χ2n) is 6.64. The van der Waals surface area contributed by atoms with E-state index in [0.29, 0.717) is 11.4 Å². The van der Waals surface area contributed by atoms with Gasteiger partial charge in [-0.1, -0.05) is 26.0 Å². The smallest absolute Gasteiger partial charge is 0.272 e. The fraction of sp³-hybridized carbons (Fsp3) is 0.412. The number of carbonyl (C=O) groups excluding carboxylic acids is 1. The molecule has 1 atom stereocenters. The highest BCUT2D eigenvalue weighted by Gasteiger charge is 2.32. The number of rotatable bonds is 3. The minimum absolute atomic E-state index is 0.00984. The standard InChI is InChI=1S/C17H22N4O3S/c1-11(2)12(3)19-17(22)16-14-9-20(4)25(23,24)15-8-6-5-7-13(15)21(14)10-18-16/h5-8,10-12H,9H2,1-4H3,(H,19,22)/t12-/m0/s1. The number of amides is 1. The van der Waals surface area contributed by atoms with Crippen molar-refractivity contribution >= 4 is 15.9 Å². The molecule has 1 N–H and O–H groups in total. The van der Waals surface area contributed by atoms with Gasteiger partial charge >= 0.3 is 0 Å². The number of aromatic nitrogens is 2. The molecule has 0 aliphatic carbocycles. The fourth-order valence-corrected chi connectivity index (χ4v) is 4.01. The van der Waals surface area contributed by atoms with E-state index in [9.17, 15) is 13.2 Å². The van der Waals surface area contributed by atoms with Crippen LogP contribution >= 0.6 is 0 Å². The number of nitrogens with one attached hydrogen (secondary N) is 1. The molecule has 0 fully saturated rings. The second-order valence-corrected chi connectivity index (χ2v) is 8.66. The Morgan fingerprint density at radius 1 is 1.24 bits per heavy atom. The first-order chi connectivity index (χ1) is 11.7. The summed E-state index contributed by atoms with van der Waals surface area (Å²) in [5, 5.41) is 2.93. The molecule has 0 saturated carbocycles. The molecule has 134 valence electrons. The molecule has 7 nitrogen and oxygen atoms in total. The average Bonchev–Trinajstić information content (AvgIpc) is 2.94. The Hall–Kier alpha value is -2.19. The van der Waals surface area contributed by atoms with Crippen LogP contribution in [0.5, 0.6) is 0 Å². The van der Waals surface area contributed by atoms with E-state index in [0.717, 1.165) is 0 Å². The summed E-state index contributed by atoms with van der Waals surface area (Å²) in [6.45, 7) is 6.06. The number of benzene rings is 1. The van der Waals surface area contributed by atoms with E-state index in [4.69, 9.17) is 0 Å². The lowest BCUT2D eigenvalue weighted by molar-refractivity contribution is 0.0924. The summed E-state index contributed by atoms with van der Waals surface area (Å²) in [5.41, 5.74) is 1.32. The van der Waals surface area contributed by atoms with Crippen LogP contribution in [0.1, 0.15) is 37.0 Å². The molecule has 1 aromatic heterocycles. The number of nitrogens with zero attached hydrogens (tertiary/aromatic N) is 3. The van der Waals surface area contributed by atoms with Gasteiger partial charge < -0.3 is 5.32 Å². The number of hydrogen-bond acceptors (Lipinski definition) is 4. The molecule has 1 aliphatic rings. The van der Waals surface area contributed by atoms with Gasteiger partial charge in [-0.05, 0) is 25.0 Å². The van der Waals surface area contributed by atoms with Crippen LogP contribution in [0.4, 0.5) is 0 Å². The van der Waals surface area contributed by atoms with Crippen molar-refractivity contribution in [1.29, 1.82) is 0 Å². The van der Waals surface area contributed by atoms with Gasteiger partial charge in [0.25, 0.3) is 5.91 Å². The maximum absolute atomic E-state index is 12.7. The molecule has 2 aromatic rings. The van der Waals surface area contributed by atoms with Crippen LogP contribution in [0.25, 0.3) is 5.69 Å². The summed E-state index contributed by atoms with van der Waals surface area (Å²) < 4.78 is 28.4. The lowest BCUT2D eigenvalue weighted by Gasteiger charge is -2.18. The van der Waals surface area contributed by atoms with Crippen LogP contribution in [0.15, 0.2) is 35.5 Å². The lowest BCUT2D eigenvalue weighted by Crippen LogP contribution is -2.37. The van der Waals surface area contributed by atoms with Gasteiger partial charge in [0, 0.05) is 13.1 Å². The highest BCUT2D eigenvalue weighted by molar-refractivity contribution is 7.89. The van der Waals surface area contributed by atoms with Gasteiger partial charge in [0.2, 0.25) is 10.0 Å². The minimum atomic E-state index is -3.62. The number of sulfonamides is 1. The van der Waals surface area contributed by atoms with Gasteiger partial charge in [-0.3, -0.25) is 9.36 Å². The predicted molar refractivity (Wildman–Crippen MR) is 94.0 cm³/mol. The van der Waals surface area contributed by atoms with Gasteiger partial charge in [0.1, 0.15) is 11.2 Å². The van der Waals surface area contributed by atoms with E-state index in [1.807, 2.05) is 20.8 Å². The van der Waals surface area contributed by atoms with Gasteiger partial charge in [-0.25, -0.2) is 13.4 Å². The van der Waals surface area contributed by atoms with Crippen molar-refractivity contribution < 1.29 is 13.2 Å². The van der Waals surface area contributed by atoms with Crippen molar-refractivity contribution in [2.75, 3.05) is 7.05 Å². The SMILES string of the molecule is CC(C)[C@H](C)NC(=O)c1ncn2c1CN(C)S(=O)(=O)c1ccccc1-2. The Morgan fingerprint density at radius 3 is 2.60 bits per heavy atom. The molecule has 1 aliphatic heterocycles. The van der Waals surface area contributed by atoms with Crippen LogP contribution < -0.4 is 5.32 Å². The maximum Gasteiger partial charge on any atom is 0.272 e. The van der Waals surface area contributed by atoms with E-state index < -0.39 is 10.0 Å². The third-order valence-corrected chi connectivity index (χ3v) is 6.48. The summed E-state index contributed by atoms with van der Waals surface area (Å²) in [7, 11) is -2.11. The zero-order valence-electron chi connectivity index (χ0n) is 14.7. The molecular weight excluding hydrogens is 340 g/mol. The van der Waals surface area contributed by atoms with E-state index in [2.05, 4.69) is 10.3 Å². The molecule has 1 aromatic carbocycles. The lowest BCUT2D eigenvalue weighted by atomic mass is 10.1. The Kier molecular flexibility index (Phi) is 4.42. The molecule has 0 unspecified atom stereocenters. The highest BCUT2D eigenvalue weighted by Crippen LogP contribution is 2.30. The highest BCUT2D eigenvalue weighted by atomic mass is 32.2. The molecule has 1 amide bonds. The third-order valence-electron chi connectivity index (χ3n) is 4.63.